The number of hydrogen-bond acceptors (Lipinski definition) is 4. The summed E-state index contributed by atoms with van der Waals surface area (Å²) in [5.41, 5.74) is -1.99. The molecule has 3 aromatic rings. The van der Waals surface area contributed by atoms with Crippen LogP contribution >= 0.6 is 34.8 Å². The second-order valence-corrected chi connectivity index (χ2v) is 8.41. The van der Waals surface area contributed by atoms with Gasteiger partial charge in [0.15, 0.2) is 0 Å². The number of hydrogen-bond donors (Lipinski definition) is 0. The molecular weight excluding hydrogens is 502 g/mol. The minimum Gasteiger partial charge on any atom is -0.404 e. The summed E-state index contributed by atoms with van der Waals surface area (Å²) in [6, 6.07) is 17.2. The van der Waals surface area contributed by atoms with Crippen molar-refractivity contribution in [3.05, 3.63) is 92.9 Å². The predicted octanol–water partition coefficient (Wildman–Crippen LogP) is 7.66. The Balaban J connectivity index is 1.61. The highest BCUT2D eigenvalue weighted by atomic mass is 35.5. The van der Waals surface area contributed by atoms with E-state index in [1.54, 1.807) is 36.4 Å². The molecule has 0 N–H and O–H groups in total. The lowest BCUT2D eigenvalue weighted by Gasteiger charge is -2.29. The van der Waals surface area contributed by atoms with E-state index in [2.05, 4.69) is 5.16 Å². The van der Waals surface area contributed by atoms with Crippen molar-refractivity contribution in [2.75, 3.05) is 0 Å². The van der Waals surface area contributed by atoms with Gasteiger partial charge in [-0.2, -0.15) is 13.2 Å². The molecule has 0 aliphatic carbocycles. The molecule has 0 spiro atoms. The summed E-state index contributed by atoms with van der Waals surface area (Å²) in [6.07, 6.45) is -5.81. The number of benzene rings is 3. The Morgan fingerprint density at radius 2 is 1.64 bits per heavy atom. The number of carbonyl (C=O) groups excluding carboxylic acids is 1. The summed E-state index contributed by atoms with van der Waals surface area (Å²) >= 11 is 18.2. The zero-order valence-corrected chi connectivity index (χ0v) is 18.8. The smallest absolute Gasteiger partial charge is 0.404 e. The molecule has 0 saturated heterocycles. The summed E-state index contributed by atoms with van der Waals surface area (Å²) in [7, 11) is 0. The van der Waals surface area contributed by atoms with Crippen LogP contribution in [0.3, 0.4) is 0 Å². The van der Waals surface area contributed by atoms with Crippen LogP contribution in [0.25, 0.3) is 11.1 Å². The van der Waals surface area contributed by atoms with Crippen LogP contribution < -0.4 is 0 Å². The number of esters is 1. The summed E-state index contributed by atoms with van der Waals surface area (Å²) in [5, 5.41) is 3.46. The minimum atomic E-state index is -4.91. The Morgan fingerprint density at radius 3 is 2.27 bits per heavy atom. The van der Waals surface area contributed by atoms with Gasteiger partial charge in [0.2, 0.25) is 5.90 Å². The number of rotatable bonds is 3. The second-order valence-electron chi connectivity index (χ2n) is 7.16. The number of nitrogens with zero attached hydrogens (tertiary/aromatic N) is 1. The molecule has 1 atom stereocenters. The number of halogens is 6. The van der Waals surface area contributed by atoms with Crippen LogP contribution in [0.1, 0.15) is 22.3 Å². The first-order chi connectivity index (χ1) is 15.6. The quantitative estimate of drug-likeness (QED) is 0.337. The highest BCUT2D eigenvalue weighted by Gasteiger charge is 2.63. The van der Waals surface area contributed by atoms with Gasteiger partial charge in [-0.25, -0.2) is 4.79 Å². The lowest BCUT2D eigenvalue weighted by atomic mass is 9.90. The zero-order chi connectivity index (χ0) is 23.8. The molecule has 0 saturated carbocycles. The van der Waals surface area contributed by atoms with Gasteiger partial charge >= 0.3 is 12.1 Å². The normalized spacial score (nSPS) is 17.9. The van der Waals surface area contributed by atoms with Crippen LogP contribution in [0.2, 0.25) is 15.1 Å². The van der Waals surface area contributed by atoms with E-state index in [9.17, 15) is 18.0 Å². The minimum absolute atomic E-state index is 0.0142. The van der Waals surface area contributed by atoms with Gasteiger partial charge in [-0.05, 0) is 29.8 Å². The topological polar surface area (TPSA) is 47.9 Å². The van der Waals surface area contributed by atoms with E-state index >= 15 is 0 Å². The van der Waals surface area contributed by atoms with Crippen molar-refractivity contribution in [1.29, 1.82) is 0 Å². The number of alkyl halides is 3. The van der Waals surface area contributed by atoms with Crippen molar-refractivity contribution < 1.29 is 27.5 Å². The third-order valence-electron chi connectivity index (χ3n) is 5.00. The molecular formula is C23H13Cl3F3NO3. The van der Waals surface area contributed by atoms with E-state index in [-0.39, 0.29) is 26.2 Å². The van der Waals surface area contributed by atoms with Crippen LogP contribution in [-0.4, -0.2) is 18.0 Å². The van der Waals surface area contributed by atoms with Gasteiger partial charge in [0.05, 0.1) is 17.0 Å². The van der Waals surface area contributed by atoms with Gasteiger partial charge in [0.25, 0.3) is 5.60 Å². The van der Waals surface area contributed by atoms with Gasteiger partial charge in [0, 0.05) is 21.2 Å². The fraction of sp³-hybridized carbons (Fsp3) is 0.130. The lowest BCUT2D eigenvalue weighted by molar-refractivity contribution is -0.275. The van der Waals surface area contributed by atoms with E-state index in [1.807, 2.05) is 6.07 Å². The van der Waals surface area contributed by atoms with E-state index in [1.165, 1.54) is 12.1 Å². The van der Waals surface area contributed by atoms with Crippen LogP contribution in [-0.2, 0) is 15.2 Å². The van der Waals surface area contributed by atoms with Gasteiger partial charge in [-0.1, -0.05) is 82.4 Å². The summed E-state index contributed by atoms with van der Waals surface area (Å²) < 4.78 is 47.3. The zero-order valence-electron chi connectivity index (χ0n) is 16.5. The molecule has 1 aliphatic rings. The summed E-state index contributed by atoms with van der Waals surface area (Å²) in [5.74, 6) is -1.53. The molecule has 0 bridgehead atoms. The Morgan fingerprint density at radius 1 is 0.970 bits per heavy atom. The van der Waals surface area contributed by atoms with Crippen LogP contribution in [0, 0.1) is 0 Å². The standard InChI is InChI=1S/C23H13Cl3F3NO3/c24-15-9-14(10-16(25)11-15)22(23(27,28)29)12-19(30-33-22)32-21(31)18-8-4-7-17(20(18)26)13-5-2-1-3-6-13/h1-11H,12H2. The Kier molecular flexibility index (Phi) is 6.31. The molecule has 170 valence electrons. The van der Waals surface area contributed by atoms with Crippen LogP contribution in [0.4, 0.5) is 13.2 Å². The molecule has 1 heterocycles. The summed E-state index contributed by atoms with van der Waals surface area (Å²) in [6.45, 7) is 0. The Labute approximate surface area is 201 Å². The van der Waals surface area contributed by atoms with Crippen molar-refractivity contribution in [3.8, 4) is 11.1 Å². The first kappa shape index (κ1) is 23.4. The van der Waals surface area contributed by atoms with Crippen molar-refractivity contribution in [3.63, 3.8) is 0 Å². The molecule has 0 amide bonds. The second kappa shape index (κ2) is 8.89. The van der Waals surface area contributed by atoms with E-state index in [0.29, 0.717) is 5.56 Å². The molecule has 4 nitrogen and oxygen atoms in total. The third-order valence-corrected chi connectivity index (χ3v) is 5.85. The van der Waals surface area contributed by atoms with Gasteiger partial charge in [0.1, 0.15) is 0 Å². The molecule has 0 radical (unpaired) electrons. The fourth-order valence-electron chi connectivity index (χ4n) is 3.41. The predicted molar refractivity (Wildman–Crippen MR) is 120 cm³/mol. The van der Waals surface area contributed by atoms with Gasteiger partial charge < -0.3 is 9.57 Å². The maximum Gasteiger partial charge on any atom is 0.435 e. The molecule has 10 heteroatoms. The maximum absolute atomic E-state index is 14.1. The molecule has 1 aliphatic heterocycles. The maximum atomic E-state index is 14.1. The molecule has 0 aromatic heterocycles. The molecule has 4 rings (SSSR count). The van der Waals surface area contributed by atoms with Crippen molar-refractivity contribution >= 4 is 46.7 Å². The highest BCUT2D eigenvalue weighted by Crippen LogP contribution is 2.49. The van der Waals surface area contributed by atoms with Crippen LogP contribution in [0.5, 0.6) is 0 Å². The monoisotopic (exact) mass is 513 g/mol. The number of carbonyl (C=O) groups is 1. The largest absolute Gasteiger partial charge is 0.435 e. The van der Waals surface area contributed by atoms with Crippen molar-refractivity contribution in [2.24, 2.45) is 5.16 Å². The lowest BCUT2D eigenvalue weighted by Crippen LogP contribution is -2.43. The Bertz CT molecular complexity index is 1230. The summed E-state index contributed by atoms with van der Waals surface area (Å²) in [4.78, 5) is 17.6. The Hall–Kier alpha value is -2.74. The molecule has 3 aromatic carbocycles. The van der Waals surface area contributed by atoms with E-state index < -0.39 is 30.1 Å². The van der Waals surface area contributed by atoms with Crippen LogP contribution in [0.15, 0.2) is 71.9 Å². The van der Waals surface area contributed by atoms with E-state index in [4.69, 9.17) is 44.4 Å². The van der Waals surface area contributed by atoms with Gasteiger partial charge in [-0.3, -0.25) is 0 Å². The number of ether oxygens (including phenoxy) is 1. The first-order valence-electron chi connectivity index (χ1n) is 9.45. The average Bonchev–Trinajstić information content (AvgIpc) is 3.19. The van der Waals surface area contributed by atoms with E-state index in [0.717, 1.165) is 17.7 Å². The first-order valence-corrected chi connectivity index (χ1v) is 10.6. The number of oxime groups is 1. The molecule has 33 heavy (non-hydrogen) atoms. The highest BCUT2D eigenvalue weighted by molar-refractivity contribution is 6.36. The molecule has 0 fully saturated rings. The van der Waals surface area contributed by atoms with Gasteiger partial charge in [-0.15, -0.1) is 0 Å². The molecule has 1 unspecified atom stereocenters. The SMILES string of the molecule is O=C(OC1=NOC(c2cc(Cl)cc(Cl)c2)(C(F)(F)F)C1)c1cccc(-c2ccccc2)c1Cl. The fourth-order valence-corrected chi connectivity index (χ4v) is 4.25. The third kappa shape index (κ3) is 4.53. The average molecular weight is 515 g/mol. The van der Waals surface area contributed by atoms with Crippen molar-refractivity contribution in [2.45, 2.75) is 18.2 Å². The van der Waals surface area contributed by atoms with Crippen molar-refractivity contribution in [1.82, 2.24) is 0 Å².